The summed E-state index contributed by atoms with van der Waals surface area (Å²) in [6, 6.07) is 0. The zero-order valence-electron chi connectivity index (χ0n) is 11.3. The van der Waals surface area contributed by atoms with Crippen LogP contribution in [0.3, 0.4) is 0 Å². The van der Waals surface area contributed by atoms with Crippen molar-refractivity contribution >= 4 is 11.9 Å². The molecule has 0 spiro atoms. The highest BCUT2D eigenvalue weighted by Gasteiger charge is 2.41. The number of aromatic nitrogens is 2. The van der Waals surface area contributed by atoms with Crippen molar-refractivity contribution in [2.45, 2.75) is 32.2 Å². The number of amides is 1. The summed E-state index contributed by atoms with van der Waals surface area (Å²) in [6.07, 6.45) is 6.18. The maximum absolute atomic E-state index is 12.0. The van der Waals surface area contributed by atoms with Gasteiger partial charge in [0.15, 0.2) is 0 Å². The molecule has 0 saturated heterocycles. The highest BCUT2D eigenvalue weighted by molar-refractivity contribution is 5.92. The summed E-state index contributed by atoms with van der Waals surface area (Å²) >= 11 is 0. The average molecular weight is 280 g/mol. The van der Waals surface area contributed by atoms with Gasteiger partial charge in [0.1, 0.15) is 5.69 Å². The molecule has 4 N–H and O–H groups in total. The zero-order valence-corrected chi connectivity index (χ0v) is 11.3. The predicted octanol–water partition coefficient (Wildman–Crippen LogP) is 0.217. The van der Waals surface area contributed by atoms with Gasteiger partial charge in [0.25, 0.3) is 5.91 Å². The van der Waals surface area contributed by atoms with Crippen LogP contribution in [-0.4, -0.2) is 39.6 Å². The third-order valence-electron chi connectivity index (χ3n) is 3.85. The van der Waals surface area contributed by atoms with Crippen molar-refractivity contribution < 1.29 is 14.7 Å². The van der Waals surface area contributed by atoms with E-state index in [1.807, 2.05) is 0 Å². The van der Waals surface area contributed by atoms with Crippen LogP contribution in [0.4, 0.5) is 0 Å². The number of hydrogen-bond acceptors (Lipinski definition) is 4. The first-order valence-electron chi connectivity index (χ1n) is 6.81. The van der Waals surface area contributed by atoms with E-state index in [-0.39, 0.29) is 18.1 Å². The number of nitrogens with zero attached hydrogens (tertiary/aromatic N) is 2. The summed E-state index contributed by atoms with van der Waals surface area (Å²) < 4.78 is 1.73. The molecule has 0 bridgehead atoms. The number of nitrogens with two attached hydrogens (primary N) is 1. The number of hydrogen-bond donors (Lipinski definition) is 3. The normalized spacial score (nSPS) is 17.1. The molecule has 1 fully saturated rings. The monoisotopic (exact) mass is 280 g/mol. The summed E-state index contributed by atoms with van der Waals surface area (Å²) in [5, 5.41) is 12.0. The number of carbonyl (C=O) groups is 2. The van der Waals surface area contributed by atoms with E-state index in [0.29, 0.717) is 25.9 Å². The van der Waals surface area contributed by atoms with Gasteiger partial charge >= 0.3 is 5.97 Å². The Bertz CT molecular complexity index is 492. The number of carboxylic acids is 1. The Hall–Kier alpha value is -1.89. The van der Waals surface area contributed by atoms with Gasteiger partial charge in [-0.25, -0.2) is 4.98 Å². The van der Waals surface area contributed by atoms with Crippen LogP contribution < -0.4 is 11.1 Å². The molecule has 1 heterocycles. The Morgan fingerprint density at radius 3 is 2.75 bits per heavy atom. The molecule has 7 nitrogen and oxygen atoms in total. The Morgan fingerprint density at radius 1 is 1.45 bits per heavy atom. The van der Waals surface area contributed by atoms with Crippen molar-refractivity contribution in [2.75, 3.05) is 13.1 Å². The summed E-state index contributed by atoms with van der Waals surface area (Å²) in [5.74, 6) is -1.17. The molecule has 1 aromatic heterocycles. The van der Waals surface area contributed by atoms with Crippen molar-refractivity contribution in [2.24, 2.45) is 11.1 Å². The van der Waals surface area contributed by atoms with E-state index >= 15 is 0 Å². The summed E-state index contributed by atoms with van der Waals surface area (Å²) in [7, 11) is 0. The molecule has 0 radical (unpaired) electrons. The Morgan fingerprint density at radius 2 is 2.15 bits per heavy atom. The molecule has 1 amide bonds. The lowest BCUT2D eigenvalue weighted by Crippen LogP contribution is -2.41. The first-order valence-corrected chi connectivity index (χ1v) is 6.81. The maximum Gasteiger partial charge on any atom is 0.311 e. The van der Waals surface area contributed by atoms with Crippen LogP contribution in [0.5, 0.6) is 0 Å². The van der Waals surface area contributed by atoms with Gasteiger partial charge in [-0.2, -0.15) is 0 Å². The molecule has 7 heteroatoms. The molecule has 110 valence electrons. The van der Waals surface area contributed by atoms with Gasteiger partial charge in [0.05, 0.1) is 11.7 Å². The van der Waals surface area contributed by atoms with Crippen LogP contribution in [0.2, 0.25) is 0 Å². The topological polar surface area (TPSA) is 110 Å². The van der Waals surface area contributed by atoms with Gasteiger partial charge in [-0.15, -0.1) is 0 Å². The van der Waals surface area contributed by atoms with E-state index in [4.69, 9.17) is 5.73 Å². The highest BCUT2D eigenvalue weighted by Crippen LogP contribution is 2.37. The lowest BCUT2D eigenvalue weighted by Gasteiger charge is -2.23. The smallest absolute Gasteiger partial charge is 0.311 e. The van der Waals surface area contributed by atoms with Gasteiger partial charge in [0.2, 0.25) is 0 Å². The van der Waals surface area contributed by atoms with Crippen molar-refractivity contribution in [1.82, 2.24) is 14.9 Å². The van der Waals surface area contributed by atoms with Crippen LogP contribution in [0.25, 0.3) is 0 Å². The fourth-order valence-electron chi connectivity index (χ4n) is 2.61. The van der Waals surface area contributed by atoms with Gasteiger partial charge in [-0.05, 0) is 12.8 Å². The predicted molar refractivity (Wildman–Crippen MR) is 72.2 cm³/mol. The molecule has 1 aliphatic rings. The third kappa shape index (κ3) is 2.98. The van der Waals surface area contributed by atoms with Crippen LogP contribution in [0.15, 0.2) is 12.5 Å². The fourth-order valence-corrected chi connectivity index (χ4v) is 2.61. The van der Waals surface area contributed by atoms with E-state index in [2.05, 4.69) is 10.3 Å². The van der Waals surface area contributed by atoms with Crippen LogP contribution in [0.1, 0.15) is 36.2 Å². The molecule has 1 aromatic rings. The van der Waals surface area contributed by atoms with Gasteiger partial charge in [-0.3, -0.25) is 9.59 Å². The maximum atomic E-state index is 12.0. The largest absolute Gasteiger partial charge is 0.481 e. The zero-order chi connectivity index (χ0) is 14.6. The van der Waals surface area contributed by atoms with Crippen molar-refractivity contribution in [3.63, 3.8) is 0 Å². The second-order valence-corrected chi connectivity index (χ2v) is 5.26. The van der Waals surface area contributed by atoms with Crippen LogP contribution >= 0.6 is 0 Å². The number of rotatable bonds is 6. The Labute approximate surface area is 117 Å². The van der Waals surface area contributed by atoms with E-state index in [9.17, 15) is 14.7 Å². The summed E-state index contributed by atoms with van der Waals surface area (Å²) in [4.78, 5) is 27.3. The van der Waals surface area contributed by atoms with Gasteiger partial charge < -0.3 is 20.7 Å². The summed E-state index contributed by atoms with van der Waals surface area (Å²) in [6.45, 7) is 1.23. The molecule has 0 aliphatic heterocycles. The second-order valence-electron chi connectivity index (χ2n) is 5.26. The lowest BCUT2D eigenvalue weighted by molar-refractivity contribution is -0.148. The molecule has 0 atom stereocenters. The van der Waals surface area contributed by atoms with Gasteiger partial charge in [0, 0.05) is 25.8 Å². The van der Waals surface area contributed by atoms with Crippen molar-refractivity contribution in [1.29, 1.82) is 0 Å². The van der Waals surface area contributed by atoms with E-state index in [1.54, 1.807) is 17.1 Å². The minimum Gasteiger partial charge on any atom is -0.481 e. The quantitative estimate of drug-likeness (QED) is 0.690. The molecular formula is C13H20N4O3. The van der Waals surface area contributed by atoms with Gasteiger partial charge in [-0.1, -0.05) is 12.8 Å². The minimum absolute atomic E-state index is 0.158. The number of nitrogens with one attached hydrogen (secondary N) is 1. The highest BCUT2D eigenvalue weighted by atomic mass is 16.4. The standard InChI is InChI=1S/C13H20N4O3/c14-5-6-17-7-10(16-9-17)11(18)15-8-13(12(19)20)3-1-2-4-13/h7,9H,1-6,8,14H2,(H,15,18)(H,19,20). The molecule has 20 heavy (non-hydrogen) atoms. The Balaban J connectivity index is 1.95. The van der Waals surface area contributed by atoms with Crippen molar-refractivity contribution in [3.8, 4) is 0 Å². The molecule has 1 saturated carbocycles. The molecular weight excluding hydrogens is 260 g/mol. The molecule has 0 aromatic carbocycles. The van der Waals surface area contributed by atoms with Crippen LogP contribution in [-0.2, 0) is 11.3 Å². The number of carbonyl (C=O) groups excluding carboxylic acids is 1. The van der Waals surface area contributed by atoms with E-state index < -0.39 is 11.4 Å². The fraction of sp³-hybridized carbons (Fsp3) is 0.615. The first kappa shape index (κ1) is 14.5. The van der Waals surface area contributed by atoms with Crippen molar-refractivity contribution in [3.05, 3.63) is 18.2 Å². The molecule has 1 aliphatic carbocycles. The van der Waals surface area contributed by atoms with Crippen LogP contribution in [0, 0.1) is 5.41 Å². The second kappa shape index (κ2) is 6.04. The summed E-state index contributed by atoms with van der Waals surface area (Å²) in [5.41, 5.74) is 4.90. The SMILES string of the molecule is NCCn1cnc(C(=O)NCC2(C(=O)O)CCCC2)c1. The van der Waals surface area contributed by atoms with E-state index in [1.165, 1.54) is 0 Å². The molecule has 2 rings (SSSR count). The number of aliphatic carboxylic acids is 1. The number of carboxylic acid groups (broad SMARTS) is 1. The average Bonchev–Trinajstić information content (AvgIpc) is 3.06. The molecule has 0 unspecified atom stereocenters. The van der Waals surface area contributed by atoms with E-state index in [0.717, 1.165) is 12.8 Å². The lowest BCUT2D eigenvalue weighted by atomic mass is 9.86. The first-order chi connectivity index (χ1) is 9.57. The minimum atomic E-state index is -0.830. The Kier molecular flexibility index (Phi) is 4.39. The number of imidazole rings is 1. The third-order valence-corrected chi connectivity index (χ3v) is 3.85.